The molecule has 0 aromatic heterocycles. The largest absolute Gasteiger partial charge is 0.352 e. The molecule has 2 aromatic carbocycles. The Labute approximate surface area is 203 Å². The van der Waals surface area contributed by atoms with Gasteiger partial charge in [-0.1, -0.05) is 29.8 Å². The normalized spacial score (nSPS) is 13.9. The Hall–Kier alpha value is -2.38. The number of amides is 1. The van der Waals surface area contributed by atoms with Gasteiger partial charge < -0.3 is 15.1 Å². The molecule has 0 atom stereocenters. The molecule has 1 aliphatic heterocycles. The second-order valence-corrected chi connectivity index (χ2v) is 7.43. The first kappa shape index (κ1) is 24.9. The molecule has 0 radical (unpaired) electrons. The van der Waals surface area contributed by atoms with E-state index in [1.807, 2.05) is 34.1 Å². The van der Waals surface area contributed by atoms with Crippen LogP contribution in [0.1, 0.15) is 16.7 Å². The smallest absolute Gasteiger partial charge is 0.227 e. The van der Waals surface area contributed by atoms with Gasteiger partial charge in [-0.05, 0) is 29.8 Å². The average molecular weight is 556 g/mol. The second kappa shape index (κ2) is 11.9. The van der Waals surface area contributed by atoms with Crippen LogP contribution in [0.2, 0.25) is 5.02 Å². The number of halogens is 3. The number of piperazine rings is 1. The molecule has 0 saturated carbocycles. The molecule has 164 valence electrons. The topological polar surface area (TPSA) is 71.7 Å². The number of rotatable bonds is 4. The van der Waals surface area contributed by atoms with Gasteiger partial charge in [-0.15, -0.1) is 24.0 Å². The lowest BCUT2D eigenvalue weighted by molar-refractivity contribution is -0.131. The molecule has 9 heteroatoms. The maximum absolute atomic E-state index is 14.1. The van der Waals surface area contributed by atoms with Gasteiger partial charge in [0.1, 0.15) is 5.82 Å². The standard InChI is InChI=1S/C22H23ClFN5O.HI/c1-26-22(27-15-18-6-5-17(14-25)12-20(18)24)29-9-7-28(8-10-29)21(30)13-16-3-2-4-19(23)11-16;/h2-6,11-12H,7-10,13,15H2,1H3,(H,26,27);1H. The van der Waals surface area contributed by atoms with E-state index in [9.17, 15) is 9.18 Å². The summed E-state index contributed by atoms with van der Waals surface area (Å²) < 4.78 is 14.1. The Morgan fingerprint density at radius 2 is 1.90 bits per heavy atom. The third-order valence-corrected chi connectivity index (χ3v) is 5.24. The number of nitrogens with zero attached hydrogens (tertiary/aromatic N) is 4. The number of aliphatic imine (C=N–C) groups is 1. The molecule has 3 rings (SSSR count). The summed E-state index contributed by atoms with van der Waals surface area (Å²) in [6.07, 6.45) is 0.325. The fraction of sp³-hybridized carbons (Fsp3) is 0.318. The van der Waals surface area contributed by atoms with Crippen molar-refractivity contribution in [1.82, 2.24) is 15.1 Å². The monoisotopic (exact) mass is 555 g/mol. The fourth-order valence-corrected chi connectivity index (χ4v) is 3.58. The predicted octanol–water partition coefficient (Wildman–Crippen LogP) is 3.43. The molecule has 1 fully saturated rings. The van der Waals surface area contributed by atoms with Crippen LogP contribution in [0.3, 0.4) is 0 Å². The predicted molar refractivity (Wildman–Crippen MR) is 130 cm³/mol. The molecule has 31 heavy (non-hydrogen) atoms. The van der Waals surface area contributed by atoms with Crippen molar-refractivity contribution in [3.05, 3.63) is 70.0 Å². The molecule has 1 N–H and O–H groups in total. The Kier molecular flexibility index (Phi) is 9.52. The number of carbonyl (C=O) groups excluding carboxylic acids is 1. The molecule has 1 saturated heterocycles. The highest BCUT2D eigenvalue weighted by atomic mass is 127. The van der Waals surface area contributed by atoms with Crippen LogP contribution in [-0.2, 0) is 17.8 Å². The van der Waals surface area contributed by atoms with Gasteiger partial charge in [-0.25, -0.2) is 4.39 Å². The van der Waals surface area contributed by atoms with Crippen LogP contribution in [-0.4, -0.2) is 54.9 Å². The molecule has 1 aliphatic rings. The molecule has 0 bridgehead atoms. The first-order chi connectivity index (χ1) is 14.5. The summed E-state index contributed by atoms with van der Waals surface area (Å²) in [5, 5.41) is 12.6. The summed E-state index contributed by atoms with van der Waals surface area (Å²) in [4.78, 5) is 20.7. The van der Waals surface area contributed by atoms with Gasteiger partial charge in [-0.2, -0.15) is 5.26 Å². The van der Waals surface area contributed by atoms with E-state index in [2.05, 4.69) is 10.3 Å². The number of nitriles is 1. The average Bonchev–Trinajstić information content (AvgIpc) is 2.75. The zero-order chi connectivity index (χ0) is 21.5. The summed E-state index contributed by atoms with van der Waals surface area (Å²) in [6, 6.07) is 13.7. The van der Waals surface area contributed by atoms with Crippen LogP contribution in [0.5, 0.6) is 0 Å². The van der Waals surface area contributed by atoms with Crippen molar-refractivity contribution in [1.29, 1.82) is 5.26 Å². The van der Waals surface area contributed by atoms with Gasteiger partial charge in [0, 0.05) is 50.4 Å². The Morgan fingerprint density at radius 3 is 2.52 bits per heavy atom. The first-order valence-corrected chi connectivity index (χ1v) is 10.0. The highest BCUT2D eigenvalue weighted by Gasteiger charge is 2.23. The van der Waals surface area contributed by atoms with Crippen LogP contribution in [0, 0.1) is 17.1 Å². The van der Waals surface area contributed by atoms with Crippen LogP contribution in [0.4, 0.5) is 4.39 Å². The minimum Gasteiger partial charge on any atom is -0.352 e. The third kappa shape index (κ3) is 6.80. The lowest BCUT2D eigenvalue weighted by Crippen LogP contribution is -2.53. The summed E-state index contributed by atoms with van der Waals surface area (Å²) in [6.45, 7) is 2.71. The minimum atomic E-state index is -0.423. The van der Waals surface area contributed by atoms with Crippen molar-refractivity contribution < 1.29 is 9.18 Å². The maximum atomic E-state index is 14.1. The van der Waals surface area contributed by atoms with Gasteiger partial charge in [0.05, 0.1) is 18.1 Å². The van der Waals surface area contributed by atoms with Crippen molar-refractivity contribution in [2.45, 2.75) is 13.0 Å². The van der Waals surface area contributed by atoms with Crippen molar-refractivity contribution >= 4 is 47.4 Å². The quantitative estimate of drug-likeness (QED) is 0.357. The highest BCUT2D eigenvalue weighted by Crippen LogP contribution is 2.13. The number of hydrogen-bond acceptors (Lipinski definition) is 3. The molecule has 0 unspecified atom stereocenters. The van der Waals surface area contributed by atoms with Gasteiger partial charge in [0.25, 0.3) is 0 Å². The number of hydrogen-bond donors (Lipinski definition) is 1. The molecular formula is C22H24ClFIN5O. The van der Waals surface area contributed by atoms with E-state index in [4.69, 9.17) is 16.9 Å². The Bertz CT molecular complexity index is 986. The molecule has 2 aromatic rings. The van der Waals surface area contributed by atoms with E-state index < -0.39 is 5.82 Å². The van der Waals surface area contributed by atoms with Crippen LogP contribution in [0.25, 0.3) is 0 Å². The van der Waals surface area contributed by atoms with Crippen molar-refractivity contribution in [3.63, 3.8) is 0 Å². The lowest BCUT2D eigenvalue weighted by Gasteiger charge is -2.36. The summed E-state index contributed by atoms with van der Waals surface area (Å²) >= 11 is 5.99. The van der Waals surface area contributed by atoms with Crippen molar-refractivity contribution in [2.75, 3.05) is 33.2 Å². The number of carbonyl (C=O) groups is 1. The van der Waals surface area contributed by atoms with E-state index >= 15 is 0 Å². The number of nitrogens with one attached hydrogen (secondary N) is 1. The SMILES string of the molecule is CN=C(NCc1ccc(C#N)cc1F)N1CCN(C(=O)Cc2cccc(Cl)c2)CC1.I. The summed E-state index contributed by atoms with van der Waals surface area (Å²) in [5.74, 6) is 0.300. The second-order valence-electron chi connectivity index (χ2n) is 6.99. The van der Waals surface area contributed by atoms with Gasteiger partial charge in [0.2, 0.25) is 5.91 Å². The molecule has 0 aliphatic carbocycles. The summed E-state index contributed by atoms with van der Waals surface area (Å²) in [5.41, 5.74) is 1.65. The van der Waals surface area contributed by atoms with Crippen molar-refractivity contribution in [2.24, 2.45) is 4.99 Å². The Balaban J connectivity index is 0.00000341. The van der Waals surface area contributed by atoms with Gasteiger partial charge in [0.15, 0.2) is 5.96 Å². The molecule has 1 amide bonds. The Morgan fingerprint density at radius 1 is 1.19 bits per heavy atom. The molecule has 1 heterocycles. The van der Waals surface area contributed by atoms with Crippen molar-refractivity contribution in [3.8, 4) is 6.07 Å². The van der Waals surface area contributed by atoms with E-state index in [1.54, 1.807) is 25.2 Å². The van der Waals surface area contributed by atoms with E-state index in [1.165, 1.54) is 6.07 Å². The molecule has 6 nitrogen and oxygen atoms in total. The number of benzene rings is 2. The van der Waals surface area contributed by atoms with Gasteiger partial charge >= 0.3 is 0 Å². The minimum absolute atomic E-state index is 0. The highest BCUT2D eigenvalue weighted by molar-refractivity contribution is 14.0. The maximum Gasteiger partial charge on any atom is 0.227 e. The van der Waals surface area contributed by atoms with Crippen LogP contribution >= 0.6 is 35.6 Å². The van der Waals surface area contributed by atoms with Crippen LogP contribution < -0.4 is 5.32 Å². The lowest BCUT2D eigenvalue weighted by atomic mass is 10.1. The van der Waals surface area contributed by atoms with Crippen LogP contribution in [0.15, 0.2) is 47.5 Å². The fourth-order valence-electron chi connectivity index (χ4n) is 3.37. The zero-order valence-electron chi connectivity index (χ0n) is 17.1. The zero-order valence-corrected chi connectivity index (χ0v) is 20.2. The number of guanidine groups is 1. The van der Waals surface area contributed by atoms with Gasteiger partial charge in [-0.3, -0.25) is 9.79 Å². The van der Waals surface area contributed by atoms with E-state index in [-0.39, 0.29) is 36.4 Å². The third-order valence-electron chi connectivity index (χ3n) is 5.01. The molecule has 0 spiro atoms. The summed E-state index contributed by atoms with van der Waals surface area (Å²) in [7, 11) is 1.67. The first-order valence-electron chi connectivity index (χ1n) is 9.66. The van der Waals surface area contributed by atoms with E-state index in [0.717, 1.165) is 5.56 Å². The van der Waals surface area contributed by atoms with E-state index in [0.29, 0.717) is 54.7 Å². The molecular weight excluding hydrogens is 532 g/mol.